The molecule has 1 amide bonds. The number of amides is 1. The minimum Gasteiger partial charge on any atom is -0.385 e. The molecular weight excluding hydrogens is 228 g/mol. The Bertz CT molecular complexity index is 253. The van der Waals surface area contributed by atoms with E-state index in [0.29, 0.717) is 6.04 Å². The lowest BCUT2D eigenvalue weighted by molar-refractivity contribution is -0.129. The van der Waals surface area contributed by atoms with Gasteiger partial charge in [-0.25, -0.2) is 0 Å². The van der Waals surface area contributed by atoms with E-state index < -0.39 is 0 Å². The molecule has 0 bridgehead atoms. The second-order valence-electron chi connectivity index (χ2n) is 6.19. The third-order valence-corrected chi connectivity index (χ3v) is 3.43. The van der Waals surface area contributed by atoms with E-state index in [-0.39, 0.29) is 11.3 Å². The second-order valence-corrected chi connectivity index (χ2v) is 6.19. The predicted octanol–water partition coefficient (Wildman–Crippen LogP) is 1.65. The smallest absolute Gasteiger partial charge is 0.225 e. The SMILES string of the molecule is COCCCN1CCC(NC(=O)C(C)(C)C)CC1. The Kier molecular flexibility index (Phi) is 6.09. The molecule has 0 unspecified atom stereocenters. The summed E-state index contributed by atoms with van der Waals surface area (Å²) in [7, 11) is 1.74. The Morgan fingerprint density at radius 2 is 1.94 bits per heavy atom. The van der Waals surface area contributed by atoms with Crippen molar-refractivity contribution >= 4 is 5.91 Å². The molecule has 1 rings (SSSR count). The van der Waals surface area contributed by atoms with Gasteiger partial charge in [-0.3, -0.25) is 4.79 Å². The van der Waals surface area contributed by atoms with Crippen molar-refractivity contribution in [1.82, 2.24) is 10.2 Å². The largest absolute Gasteiger partial charge is 0.385 e. The molecular formula is C14H28N2O2. The number of hydrogen-bond acceptors (Lipinski definition) is 3. The van der Waals surface area contributed by atoms with Crippen molar-refractivity contribution in [3.8, 4) is 0 Å². The zero-order valence-corrected chi connectivity index (χ0v) is 12.3. The summed E-state index contributed by atoms with van der Waals surface area (Å²) < 4.78 is 5.06. The molecule has 0 aromatic rings. The van der Waals surface area contributed by atoms with Crippen molar-refractivity contribution in [2.75, 3.05) is 33.4 Å². The highest BCUT2D eigenvalue weighted by molar-refractivity contribution is 5.81. The van der Waals surface area contributed by atoms with Crippen LogP contribution in [0.5, 0.6) is 0 Å². The zero-order valence-electron chi connectivity index (χ0n) is 12.3. The molecule has 0 radical (unpaired) electrons. The average Bonchev–Trinajstić information content (AvgIpc) is 2.30. The molecule has 0 aromatic heterocycles. The van der Waals surface area contributed by atoms with Gasteiger partial charge in [-0.05, 0) is 19.3 Å². The fourth-order valence-electron chi connectivity index (χ4n) is 2.14. The Hall–Kier alpha value is -0.610. The number of likely N-dealkylation sites (tertiary alicyclic amines) is 1. The number of nitrogens with zero attached hydrogens (tertiary/aromatic N) is 1. The van der Waals surface area contributed by atoms with Crippen LogP contribution < -0.4 is 5.32 Å². The number of hydrogen-bond donors (Lipinski definition) is 1. The summed E-state index contributed by atoms with van der Waals surface area (Å²) in [5.74, 6) is 0.167. The van der Waals surface area contributed by atoms with Crippen molar-refractivity contribution in [3.05, 3.63) is 0 Å². The monoisotopic (exact) mass is 256 g/mol. The molecule has 1 heterocycles. The summed E-state index contributed by atoms with van der Waals surface area (Å²) in [6.45, 7) is 9.98. The standard InChI is InChI=1S/C14H28N2O2/c1-14(2,3)13(17)15-12-6-9-16(10-7-12)8-5-11-18-4/h12H,5-11H2,1-4H3,(H,15,17). The molecule has 1 saturated heterocycles. The lowest BCUT2D eigenvalue weighted by atomic mass is 9.94. The topological polar surface area (TPSA) is 41.6 Å². The molecule has 106 valence electrons. The number of nitrogens with one attached hydrogen (secondary N) is 1. The highest BCUT2D eigenvalue weighted by Gasteiger charge is 2.26. The molecule has 4 heteroatoms. The zero-order chi connectivity index (χ0) is 13.6. The summed E-state index contributed by atoms with van der Waals surface area (Å²) in [4.78, 5) is 14.3. The van der Waals surface area contributed by atoms with E-state index in [4.69, 9.17) is 4.74 Å². The van der Waals surface area contributed by atoms with Crippen LogP contribution in [0.25, 0.3) is 0 Å². The molecule has 1 aliphatic heterocycles. The summed E-state index contributed by atoms with van der Waals surface area (Å²) in [6.07, 6.45) is 3.22. The van der Waals surface area contributed by atoms with Gasteiger partial charge in [0.05, 0.1) is 0 Å². The van der Waals surface area contributed by atoms with Gasteiger partial charge in [0.2, 0.25) is 5.91 Å². The molecule has 18 heavy (non-hydrogen) atoms. The lowest BCUT2D eigenvalue weighted by Crippen LogP contribution is -2.47. The summed E-state index contributed by atoms with van der Waals surface area (Å²) in [5, 5.41) is 3.16. The first-order valence-corrected chi connectivity index (χ1v) is 6.95. The summed E-state index contributed by atoms with van der Waals surface area (Å²) in [6, 6.07) is 0.357. The van der Waals surface area contributed by atoms with E-state index >= 15 is 0 Å². The number of rotatable bonds is 5. The first-order chi connectivity index (χ1) is 8.43. The van der Waals surface area contributed by atoms with Crippen LogP contribution in [0.2, 0.25) is 0 Å². The van der Waals surface area contributed by atoms with Gasteiger partial charge < -0.3 is 15.0 Å². The van der Waals surface area contributed by atoms with E-state index in [1.54, 1.807) is 7.11 Å². The third-order valence-electron chi connectivity index (χ3n) is 3.43. The Balaban J connectivity index is 2.21. The van der Waals surface area contributed by atoms with Crippen LogP contribution in [0.4, 0.5) is 0 Å². The van der Waals surface area contributed by atoms with Crippen molar-refractivity contribution < 1.29 is 9.53 Å². The number of carbonyl (C=O) groups excluding carboxylic acids is 1. The van der Waals surface area contributed by atoms with Gasteiger partial charge in [-0.2, -0.15) is 0 Å². The van der Waals surface area contributed by atoms with Gasteiger partial charge in [0.25, 0.3) is 0 Å². The highest BCUT2D eigenvalue weighted by atomic mass is 16.5. The molecule has 1 aliphatic rings. The van der Waals surface area contributed by atoms with Gasteiger partial charge in [0, 0.05) is 44.8 Å². The van der Waals surface area contributed by atoms with Crippen molar-refractivity contribution in [2.24, 2.45) is 5.41 Å². The molecule has 4 nitrogen and oxygen atoms in total. The number of carbonyl (C=O) groups is 1. The summed E-state index contributed by atoms with van der Waals surface area (Å²) in [5.41, 5.74) is -0.282. The Morgan fingerprint density at radius 3 is 2.44 bits per heavy atom. The van der Waals surface area contributed by atoms with Gasteiger partial charge in [0.15, 0.2) is 0 Å². The van der Waals surface area contributed by atoms with Crippen LogP contribution >= 0.6 is 0 Å². The summed E-state index contributed by atoms with van der Waals surface area (Å²) >= 11 is 0. The number of ether oxygens (including phenoxy) is 1. The normalized spacial score (nSPS) is 18.9. The van der Waals surface area contributed by atoms with Crippen LogP contribution in [0, 0.1) is 5.41 Å². The lowest BCUT2D eigenvalue weighted by Gasteiger charge is -2.33. The Morgan fingerprint density at radius 1 is 1.33 bits per heavy atom. The Labute approximate surface area is 111 Å². The van der Waals surface area contributed by atoms with Gasteiger partial charge in [-0.1, -0.05) is 20.8 Å². The molecule has 0 aromatic carbocycles. The molecule has 1 fully saturated rings. The second kappa shape index (κ2) is 7.10. The van der Waals surface area contributed by atoms with E-state index in [9.17, 15) is 4.79 Å². The van der Waals surface area contributed by atoms with E-state index in [1.165, 1.54) is 0 Å². The van der Waals surface area contributed by atoms with Crippen LogP contribution in [0.1, 0.15) is 40.0 Å². The molecule has 0 saturated carbocycles. The van der Waals surface area contributed by atoms with E-state index in [0.717, 1.165) is 45.5 Å². The van der Waals surface area contributed by atoms with Crippen molar-refractivity contribution in [1.29, 1.82) is 0 Å². The van der Waals surface area contributed by atoms with Crippen LogP contribution in [0.15, 0.2) is 0 Å². The van der Waals surface area contributed by atoms with Crippen molar-refractivity contribution in [3.63, 3.8) is 0 Å². The predicted molar refractivity (Wildman–Crippen MR) is 73.6 cm³/mol. The molecule has 0 spiro atoms. The quantitative estimate of drug-likeness (QED) is 0.761. The number of methoxy groups -OCH3 is 1. The molecule has 1 N–H and O–H groups in total. The molecule has 0 atom stereocenters. The van der Waals surface area contributed by atoms with Crippen LogP contribution in [0.3, 0.4) is 0 Å². The first kappa shape index (κ1) is 15.4. The maximum absolute atomic E-state index is 11.9. The first-order valence-electron chi connectivity index (χ1n) is 6.95. The van der Waals surface area contributed by atoms with Crippen LogP contribution in [-0.4, -0.2) is 50.2 Å². The average molecular weight is 256 g/mol. The van der Waals surface area contributed by atoms with E-state index in [1.807, 2.05) is 20.8 Å². The van der Waals surface area contributed by atoms with Gasteiger partial charge in [0.1, 0.15) is 0 Å². The minimum atomic E-state index is -0.282. The van der Waals surface area contributed by atoms with Crippen LogP contribution in [-0.2, 0) is 9.53 Å². The fraction of sp³-hybridized carbons (Fsp3) is 0.929. The maximum Gasteiger partial charge on any atom is 0.225 e. The minimum absolute atomic E-state index is 0.167. The molecule has 0 aliphatic carbocycles. The van der Waals surface area contributed by atoms with Gasteiger partial charge >= 0.3 is 0 Å². The van der Waals surface area contributed by atoms with Crippen molar-refractivity contribution in [2.45, 2.75) is 46.1 Å². The van der Waals surface area contributed by atoms with E-state index in [2.05, 4.69) is 10.2 Å². The fourth-order valence-corrected chi connectivity index (χ4v) is 2.14. The number of piperidine rings is 1. The maximum atomic E-state index is 11.9. The third kappa shape index (κ3) is 5.36. The highest BCUT2D eigenvalue weighted by Crippen LogP contribution is 2.16. The van der Waals surface area contributed by atoms with Gasteiger partial charge in [-0.15, -0.1) is 0 Å².